The van der Waals surface area contributed by atoms with E-state index in [1.807, 2.05) is 7.05 Å². The van der Waals surface area contributed by atoms with Crippen LogP contribution in [0, 0.1) is 0 Å². The Balaban J connectivity index is 3.20. The Bertz CT molecular complexity index is 63.1. The smallest absolute Gasteiger partial charge is 0.0703 e. The molecular formula is C4H10N2S2. The summed E-state index contributed by atoms with van der Waals surface area (Å²) in [5.41, 5.74) is 5.32. The van der Waals surface area contributed by atoms with Crippen LogP contribution in [0.2, 0.25) is 0 Å². The zero-order valence-electron chi connectivity index (χ0n) is 4.76. The average molecular weight is 150 g/mol. The Labute approximate surface area is 59.2 Å². The lowest BCUT2D eigenvalue weighted by Crippen LogP contribution is -2.29. The third kappa shape index (κ3) is 3.37. The summed E-state index contributed by atoms with van der Waals surface area (Å²) in [7, 11) is 1.86. The second-order valence-electron chi connectivity index (χ2n) is 1.25. The molecule has 0 radical (unpaired) electrons. The highest BCUT2D eigenvalue weighted by atomic mass is 32.2. The second-order valence-corrected chi connectivity index (χ2v) is 2.86. The molecule has 8 heavy (non-hydrogen) atoms. The van der Waals surface area contributed by atoms with Gasteiger partial charge < -0.3 is 11.1 Å². The summed E-state index contributed by atoms with van der Waals surface area (Å²) in [6.07, 6.45) is 0. The molecule has 0 amide bonds. The van der Waals surface area contributed by atoms with Crippen molar-refractivity contribution in [1.29, 1.82) is 0 Å². The first-order valence-corrected chi connectivity index (χ1v) is 3.73. The zero-order chi connectivity index (χ0) is 6.41. The molecule has 2 nitrogen and oxygen atoms in total. The Kier molecular flexibility index (Phi) is 5.74. The molecule has 0 saturated carbocycles. The van der Waals surface area contributed by atoms with Crippen LogP contribution in [0.3, 0.4) is 0 Å². The predicted octanol–water partition coefficient (Wildman–Crippen LogP) is 0.181. The predicted molar refractivity (Wildman–Crippen MR) is 43.1 cm³/mol. The Morgan fingerprint density at radius 3 is 2.75 bits per heavy atom. The van der Waals surface area contributed by atoms with Gasteiger partial charge in [-0.1, -0.05) is 12.2 Å². The van der Waals surface area contributed by atoms with Crippen LogP contribution in [0.15, 0.2) is 0 Å². The van der Waals surface area contributed by atoms with Gasteiger partial charge in [0.1, 0.15) is 0 Å². The summed E-state index contributed by atoms with van der Waals surface area (Å²) < 4.78 is 1.62. The van der Waals surface area contributed by atoms with E-state index in [-0.39, 0.29) is 5.37 Å². The molecule has 0 bridgehead atoms. The van der Waals surface area contributed by atoms with E-state index in [0.717, 1.165) is 0 Å². The van der Waals surface area contributed by atoms with Crippen LogP contribution in [-0.4, -0.2) is 23.7 Å². The molecule has 48 valence electrons. The summed E-state index contributed by atoms with van der Waals surface area (Å²) in [6.45, 7) is 0.619. The van der Waals surface area contributed by atoms with Crippen LogP contribution in [0.4, 0.5) is 0 Å². The van der Waals surface area contributed by atoms with Gasteiger partial charge in [-0.2, -0.15) is 0 Å². The molecule has 3 N–H and O–H groups in total. The fraction of sp³-hybridized carbons (Fsp3) is 0.750. The van der Waals surface area contributed by atoms with E-state index < -0.39 is 0 Å². The van der Waals surface area contributed by atoms with E-state index in [1.54, 1.807) is 4.70 Å². The first-order valence-electron chi connectivity index (χ1n) is 2.31. The van der Waals surface area contributed by atoms with Crippen molar-refractivity contribution in [3.63, 3.8) is 0 Å². The number of nitrogens with one attached hydrogen (secondary N) is 1. The minimum absolute atomic E-state index is 0.285. The van der Waals surface area contributed by atoms with E-state index in [9.17, 15) is 0 Å². The summed E-state index contributed by atoms with van der Waals surface area (Å²) in [6, 6.07) is 0. The number of hydrogen-bond donors (Lipinski definition) is 2. The van der Waals surface area contributed by atoms with Gasteiger partial charge in [0.15, 0.2) is 0 Å². The molecule has 0 rings (SSSR count). The molecular weight excluding hydrogens is 140 g/mol. The monoisotopic (exact) mass is 150 g/mol. The number of hydrogen-bond acceptors (Lipinski definition) is 4. The molecule has 0 aliphatic rings. The van der Waals surface area contributed by atoms with Crippen molar-refractivity contribution < 1.29 is 0 Å². The minimum Gasteiger partial charge on any atom is -0.328 e. The van der Waals surface area contributed by atoms with Gasteiger partial charge in [-0.05, 0) is 7.05 Å². The second kappa shape index (κ2) is 5.50. The van der Waals surface area contributed by atoms with Crippen LogP contribution >= 0.6 is 24.0 Å². The molecule has 0 fully saturated rings. The number of rotatable bonds is 4. The van der Waals surface area contributed by atoms with Crippen molar-refractivity contribution in [2.45, 2.75) is 5.37 Å². The summed E-state index contributed by atoms with van der Waals surface area (Å²) in [5, 5.41) is 3.28. The minimum atomic E-state index is 0.285. The normalized spacial score (nSPS) is 13.2. The highest BCUT2D eigenvalue weighted by Gasteiger charge is 1.97. The first kappa shape index (κ1) is 8.36. The average Bonchev–Trinajstić information content (AvgIpc) is 1.83. The largest absolute Gasteiger partial charge is 0.328 e. The quantitative estimate of drug-likeness (QED) is 0.443. The Hall–Kier alpha value is 0.360. The van der Waals surface area contributed by atoms with Crippen molar-refractivity contribution in [3.05, 3.63) is 0 Å². The van der Waals surface area contributed by atoms with Gasteiger partial charge in [-0.15, -0.1) is 11.8 Å². The van der Waals surface area contributed by atoms with Crippen LogP contribution in [0.25, 0.3) is 0 Å². The van der Waals surface area contributed by atoms with Gasteiger partial charge in [0, 0.05) is 11.2 Å². The lowest BCUT2D eigenvalue weighted by molar-refractivity contribution is 0.751. The maximum atomic E-state index is 5.32. The van der Waals surface area contributed by atoms with Crippen LogP contribution in [0.5, 0.6) is 0 Å². The van der Waals surface area contributed by atoms with Gasteiger partial charge >= 0.3 is 0 Å². The summed E-state index contributed by atoms with van der Waals surface area (Å²) in [5.74, 6) is 0. The molecule has 0 aliphatic heterocycles. The fourth-order valence-electron chi connectivity index (χ4n) is 0.309. The molecule has 0 spiro atoms. The van der Waals surface area contributed by atoms with Crippen molar-refractivity contribution in [3.8, 4) is 0 Å². The third-order valence-electron chi connectivity index (χ3n) is 0.756. The molecule has 0 heterocycles. The topological polar surface area (TPSA) is 38.0 Å². The van der Waals surface area contributed by atoms with E-state index in [2.05, 4.69) is 17.5 Å². The number of thiocarbonyl (C=S) groups is 1. The van der Waals surface area contributed by atoms with E-state index in [4.69, 9.17) is 5.73 Å². The molecule has 0 aliphatic carbocycles. The number of nitrogens with two attached hydrogens (primary N) is 1. The molecule has 0 aromatic carbocycles. The molecule has 4 heteroatoms. The Morgan fingerprint density at radius 1 is 2.00 bits per heavy atom. The maximum Gasteiger partial charge on any atom is 0.0703 e. The van der Waals surface area contributed by atoms with Gasteiger partial charge in [-0.25, -0.2) is 0 Å². The number of thioether (sulfide) groups is 1. The van der Waals surface area contributed by atoms with Gasteiger partial charge in [-0.3, -0.25) is 0 Å². The summed E-state index contributed by atoms with van der Waals surface area (Å²) in [4.78, 5) is 0. The van der Waals surface area contributed by atoms with E-state index >= 15 is 0 Å². The molecule has 0 aromatic heterocycles. The van der Waals surface area contributed by atoms with Crippen molar-refractivity contribution >= 4 is 28.7 Å². The molecule has 1 unspecified atom stereocenters. The van der Waals surface area contributed by atoms with Crippen LogP contribution < -0.4 is 11.1 Å². The van der Waals surface area contributed by atoms with Crippen molar-refractivity contribution in [2.24, 2.45) is 5.73 Å². The lowest BCUT2D eigenvalue weighted by Gasteiger charge is -2.07. The van der Waals surface area contributed by atoms with Crippen LogP contribution in [-0.2, 0) is 0 Å². The van der Waals surface area contributed by atoms with Gasteiger partial charge in [0.05, 0.1) is 5.37 Å². The van der Waals surface area contributed by atoms with Crippen molar-refractivity contribution in [1.82, 2.24) is 5.32 Å². The maximum absolute atomic E-state index is 5.32. The summed E-state index contributed by atoms with van der Waals surface area (Å²) >= 11 is 6.13. The number of likely N-dealkylation sites (N-methyl/N-ethyl adjacent to an activating group) is 1. The SMILES string of the molecule is CNC(CN)SC=S. The molecule has 1 atom stereocenters. The zero-order valence-corrected chi connectivity index (χ0v) is 6.39. The van der Waals surface area contributed by atoms with E-state index in [1.165, 1.54) is 11.8 Å². The Morgan fingerprint density at radius 2 is 2.62 bits per heavy atom. The fourth-order valence-corrected chi connectivity index (χ4v) is 1.09. The highest BCUT2D eigenvalue weighted by Crippen LogP contribution is 2.00. The van der Waals surface area contributed by atoms with Crippen molar-refractivity contribution in [2.75, 3.05) is 13.6 Å². The van der Waals surface area contributed by atoms with Crippen LogP contribution in [0.1, 0.15) is 0 Å². The van der Waals surface area contributed by atoms with Gasteiger partial charge in [0.25, 0.3) is 0 Å². The van der Waals surface area contributed by atoms with Gasteiger partial charge in [0.2, 0.25) is 0 Å². The first-order chi connectivity index (χ1) is 3.85. The molecule has 0 aromatic rings. The van der Waals surface area contributed by atoms with E-state index in [0.29, 0.717) is 6.54 Å². The third-order valence-corrected chi connectivity index (χ3v) is 1.96. The lowest BCUT2D eigenvalue weighted by atomic mass is 10.6. The highest BCUT2D eigenvalue weighted by molar-refractivity contribution is 8.21. The standard InChI is InChI=1S/C4H10N2S2/c1-6-4(2-5)8-3-7/h3-4,6H,2,5H2,1H3. The molecule has 0 saturated heterocycles.